The van der Waals surface area contributed by atoms with Crippen LogP contribution in [-0.4, -0.2) is 58.9 Å². The first-order valence-corrected chi connectivity index (χ1v) is 7.95. The van der Waals surface area contributed by atoms with Crippen molar-refractivity contribution in [1.29, 1.82) is 0 Å². The van der Waals surface area contributed by atoms with Crippen LogP contribution in [0.15, 0.2) is 0 Å². The first kappa shape index (κ1) is 17.2. The zero-order valence-electron chi connectivity index (χ0n) is 13.2. The van der Waals surface area contributed by atoms with E-state index < -0.39 is 17.9 Å². The summed E-state index contributed by atoms with van der Waals surface area (Å²) in [5, 5.41) is 14.1. The van der Waals surface area contributed by atoms with Gasteiger partial charge in [0.25, 0.3) is 0 Å². The van der Waals surface area contributed by atoms with Crippen LogP contribution in [0.25, 0.3) is 0 Å². The Bertz CT molecular complexity index is 507. The molecule has 1 aliphatic carbocycles. The normalized spacial score (nSPS) is 26.3. The monoisotopic (exact) mass is 325 g/mol. The van der Waals surface area contributed by atoms with E-state index in [0.29, 0.717) is 6.42 Å². The van der Waals surface area contributed by atoms with Gasteiger partial charge in [-0.25, -0.2) is 4.79 Å². The topological polar surface area (TPSA) is 116 Å². The standard InChI is InChI=1S/C15H23N3O5/c1-9(19)16-7-13(20)17-8-14(21)18-11-5-3-2-4-10(11)6-12(18)15(22)23/h10-12H,2-8H2,1H3,(H,16,19)(H,17,20)(H,22,23). The molecular weight excluding hydrogens is 302 g/mol. The van der Waals surface area contributed by atoms with Gasteiger partial charge in [-0.2, -0.15) is 0 Å². The maximum atomic E-state index is 12.4. The van der Waals surface area contributed by atoms with Crippen molar-refractivity contribution in [2.75, 3.05) is 13.1 Å². The molecule has 0 radical (unpaired) electrons. The largest absolute Gasteiger partial charge is 0.480 e. The quantitative estimate of drug-likeness (QED) is 0.629. The summed E-state index contributed by atoms with van der Waals surface area (Å²) in [7, 11) is 0. The van der Waals surface area contributed by atoms with E-state index in [0.717, 1.165) is 25.7 Å². The molecule has 2 rings (SSSR count). The van der Waals surface area contributed by atoms with E-state index >= 15 is 0 Å². The minimum Gasteiger partial charge on any atom is -0.480 e. The van der Waals surface area contributed by atoms with Gasteiger partial charge in [0.05, 0.1) is 13.1 Å². The summed E-state index contributed by atoms with van der Waals surface area (Å²) in [4.78, 5) is 47.6. The maximum absolute atomic E-state index is 12.4. The van der Waals surface area contributed by atoms with Gasteiger partial charge in [-0.15, -0.1) is 0 Å². The van der Waals surface area contributed by atoms with Gasteiger partial charge in [0.2, 0.25) is 17.7 Å². The molecule has 3 unspecified atom stereocenters. The first-order valence-electron chi connectivity index (χ1n) is 7.95. The fourth-order valence-electron chi connectivity index (χ4n) is 3.57. The maximum Gasteiger partial charge on any atom is 0.326 e. The van der Waals surface area contributed by atoms with Gasteiger partial charge >= 0.3 is 5.97 Å². The second-order valence-electron chi connectivity index (χ2n) is 6.19. The van der Waals surface area contributed by atoms with Crippen molar-refractivity contribution >= 4 is 23.7 Å². The molecule has 8 nitrogen and oxygen atoms in total. The Morgan fingerprint density at radius 1 is 1.09 bits per heavy atom. The van der Waals surface area contributed by atoms with Crippen molar-refractivity contribution in [3.63, 3.8) is 0 Å². The Kier molecular flexibility index (Phi) is 5.57. The average Bonchev–Trinajstić information content (AvgIpc) is 2.90. The Morgan fingerprint density at radius 2 is 1.78 bits per heavy atom. The molecule has 8 heteroatoms. The van der Waals surface area contributed by atoms with Crippen LogP contribution in [0.1, 0.15) is 39.0 Å². The third-order valence-corrected chi connectivity index (χ3v) is 4.60. The highest BCUT2D eigenvalue weighted by Crippen LogP contribution is 2.39. The lowest BCUT2D eigenvalue weighted by atomic mass is 9.85. The number of carbonyl (C=O) groups excluding carboxylic acids is 3. The van der Waals surface area contributed by atoms with Crippen molar-refractivity contribution in [1.82, 2.24) is 15.5 Å². The lowest BCUT2D eigenvalue weighted by Crippen LogP contribution is -2.50. The third-order valence-electron chi connectivity index (χ3n) is 4.60. The SMILES string of the molecule is CC(=O)NCC(=O)NCC(=O)N1C(C(=O)O)CC2CCCCC21. The van der Waals surface area contributed by atoms with E-state index in [4.69, 9.17) is 0 Å². The number of likely N-dealkylation sites (tertiary alicyclic amines) is 1. The van der Waals surface area contributed by atoms with Crippen molar-refractivity contribution in [2.45, 2.75) is 51.1 Å². The van der Waals surface area contributed by atoms with Crippen LogP contribution in [-0.2, 0) is 19.2 Å². The number of nitrogens with one attached hydrogen (secondary N) is 2. The molecule has 2 aliphatic rings. The van der Waals surface area contributed by atoms with E-state index in [-0.39, 0.29) is 36.9 Å². The zero-order valence-corrected chi connectivity index (χ0v) is 13.2. The number of carboxylic acid groups (broad SMARTS) is 1. The number of carboxylic acids is 1. The van der Waals surface area contributed by atoms with Gasteiger partial charge in [0, 0.05) is 13.0 Å². The molecule has 1 saturated carbocycles. The predicted molar refractivity (Wildman–Crippen MR) is 80.3 cm³/mol. The Morgan fingerprint density at radius 3 is 2.43 bits per heavy atom. The summed E-state index contributed by atoms with van der Waals surface area (Å²) < 4.78 is 0. The third kappa shape index (κ3) is 4.20. The fourth-order valence-corrected chi connectivity index (χ4v) is 3.57. The molecule has 3 N–H and O–H groups in total. The highest BCUT2D eigenvalue weighted by molar-refractivity contribution is 5.90. The van der Waals surface area contributed by atoms with Crippen LogP contribution < -0.4 is 10.6 Å². The van der Waals surface area contributed by atoms with E-state index in [1.807, 2.05) is 0 Å². The molecule has 23 heavy (non-hydrogen) atoms. The lowest BCUT2D eigenvalue weighted by Gasteiger charge is -2.33. The molecule has 1 saturated heterocycles. The van der Waals surface area contributed by atoms with Gasteiger partial charge in [-0.1, -0.05) is 12.8 Å². The summed E-state index contributed by atoms with van der Waals surface area (Å²) in [6.07, 6.45) is 4.33. The van der Waals surface area contributed by atoms with Crippen molar-refractivity contribution in [3.05, 3.63) is 0 Å². The second-order valence-corrected chi connectivity index (χ2v) is 6.19. The Hall–Kier alpha value is -2.12. The number of carbonyl (C=O) groups is 4. The van der Waals surface area contributed by atoms with Gasteiger partial charge < -0.3 is 20.6 Å². The van der Waals surface area contributed by atoms with Gasteiger partial charge in [-0.3, -0.25) is 14.4 Å². The van der Waals surface area contributed by atoms with Crippen LogP contribution in [0, 0.1) is 5.92 Å². The number of fused-ring (bicyclic) bond motifs is 1. The zero-order chi connectivity index (χ0) is 17.0. The van der Waals surface area contributed by atoms with Crippen molar-refractivity contribution < 1.29 is 24.3 Å². The number of hydrogen-bond acceptors (Lipinski definition) is 4. The van der Waals surface area contributed by atoms with Crippen molar-refractivity contribution in [2.24, 2.45) is 5.92 Å². The van der Waals surface area contributed by atoms with Crippen LogP contribution in [0.3, 0.4) is 0 Å². The highest BCUT2D eigenvalue weighted by Gasteiger charge is 2.47. The van der Waals surface area contributed by atoms with E-state index in [2.05, 4.69) is 10.6 Å². The summed E-state index contributed by atoms with van der Waals surface area (Å²) in [5.74, 6) is -1.92. The molecule has 0 aromatic rings. The first-order chi connectivity index (χ1) is 10.9. The number of nitrogens with zero attached hydrogens (tertiary/aromatic N) is 1. The number of aliphatic carboxylic acids is 1. The van der Waals surface area contributed by atoms with Crippen molar-refractivity contribution in [3.8, 4) is 0 Å². The molecule has 0 aromatic heterocycles. The van der Waals surface area contributed by atoms with E-state index in [1.165, 1.54) is 11.8 Å². The smallest absolute Gasteiger partial charge is 0.326 e. The van der Waals surface area contributed by atoms with Crippen LogP contribution in [0.5, 0.6) is 0 Å². The van der Waals surface area contributed by atoms with Crippen LogP contribution >= 0.6 is 0 Å². The lowest BCUT2D eigenvalue weighted by molar-refractivity contribution is -0.149. The molecule has 0 spiro atoms. The summed E-state index contributed by atoms with van der Waals surface area (Å²) in [5.41, 5.74) is 0. The molecule has 2 fully saturated rings. The second kappa shape index (κ2) is 7.43. The molecule has 0 aromatic carbocycles. The molecule has 0 bridgehead atoms. The predicted octanol–water partition coefficient (Wildman–Crippen LogP) is -0.517. The summed E-state index contributed by atoms with van der Waals surface area (Å²) >= 11 is 0. The molecular formula is C15H23N3O5. The Labute approximate surface area is 134 Å². The summed E-state index contributed by atoms with van der Waals surface area (Å²) in [6, 6.07) is -0.840. The molecule has 3 atom stereocenters. The number of amides is 3. The van der Waals surface area contributed by atoms with E-state index in [9.17, 15) is 24.3 Å². The van der Waals surface area contributed by atoms with Gasteiger partial charge in [0.1, 0.15) is 6.04 Å². The molecule has 3 amide bonds. The average molecular weight is 325 g/mol. The van der Waals surface area contributed by atoms with Crippen LogP contribution in [0.4, 0.5) is 0 Å². The number of hydrogen-bond donors (Lipinski definition) is 3. The van der Waals surface area contributed by atoms with Gasteiger partial charge in [-0.05, 0) is 25.2 Å². The minimum atomic E-state index is -0.989. The Balaban J connectivity index is 1.94. The molecule has 1 aliphatic heterocycles. The molecule has 128 valence electrons. The fraction of sp³-hybridized carbons (Fsp3) is 0.733. The van der Waals surface area contributed by atoms with E-state index in [1.54, 1.807) is 0 Å². The van der Waals surface area contributed by atoms with Gasteiger partial charge in [0.15, 0.2) is 0 Å². The minimum absolute atomic E-state index is 0.0374. The molecule has 1 heterocycles. The van der Waals surface area contributed by atoms with Crippen LogP contribution in [0.2, 0.25) is 0 Å². The number of rotatable bonds is 5. The summed E-state index contributed by atoms with van der Waals surface area (Å²) in [6.45, 7) is 0.853. The highest BCUT2D eigenvalue weighted by atomic mass is 16.4.